The van der Waals surface area contributed by atoms with E-state index in [9.17, 15) is 18.4 Å². The van der Waals surface area contributed by atoms with Gasteiger partial charge in [0.2, 0.25) is 5.91 Å². The molecule has 2 aromatic carbocycles. The first-order valence-electron chi connectivity index (χ1n) is 8.66. The van der Waals surface area contributed by atoms with Crippen LogP contribution in [0.4, 0.5) is 8.78 Å². The number of para-hydroxylation sites is 1. The van der Waals surface area contributed by atoms with Crippen LogP contribution in [0.2, 0.25) is 0 Å². The van der Waals surface area contributed by atoms with Gasteiger partial charge in [0.1, 0.15) is 11.8 Å². The van der Waals surface area contributed by atoms with E-state index in [0.29, 0.717) is 23.3 Å². The maximum atomic E-state index is 12.6. The van der Waals surface area contributed by atoms with E-state index < -0.39 is 12.7 Å². The Labute approximate surface area is 166 Å². The molecule has 2 aromatic rings. The first kappa shape index (κ1) is 21.7. The summed E-state index contributed by atoms with van der Waals surface area (Å²) in [4.78, 5) is 25.0. The molecule has 5 nitrogen and oxygen atoms in total. The van der Waals surface area contributed by atoms with E-state index in [1.165, 1.54) is 6.07 Å². The fraction of sp³-hybridized carbons (Fsp3) is 0.300. The molecule has 2 amide bonds. The zero-order valence-electron chi connectivity index (χ0n) is 15.4. The Morgan fingerprint density at radius 3 is 2.43 bits per heavy atom. The molecular formula is C20H22F2N2O3S. The highest BCUT2D eigenvalue weighted by Gasteiger charge is 2.21. The number of halogens is 2. The van der Waals surface area contributed by atoms with Crippen LogP contribution in [0.1, 0.15) is 22.3 Å². The zero-order chi connectivity index (χ0) is 20.4. The Kier molecular flexibility index (Phi) is 8.74. The largest absolute Gasteiger partial charge is 0.434 e. The molecule has 1 atom stereocenters. The average Bonchev–Trinajstić information content (AvgIpc) is 2.70. The van der Waals surface area contributed by atoms with Gasteiger partial charge in [0.15, 0.2) is 0 Å². The van der Waals surface area contributed by atoms with Gasteiger partial charge in [-0.1, -0.05) is 36.4 Å². The van der Waals surface area contributed by atoms with Crippen molar-refractivity contribution in [3.63, 3.8) is 0 Å². The number of alkyl halides is 2. The Bertz CT molecular complexity index is 775. The van der Waals surface area contributed by atoms with E-state index >= 15 is 0 Å². The van der Waals surface area contributed by atoms with Crippen LogP contribution in [0.25, 0.3) is 0 Å². The van der Waals surface area contributed by atoms with Crippen LogP contribution < -0.4 is 15.4 Å². The predicted molar refractivity (Wildman–Crippen MR) is 106 cm³/mol. The lowest BCUT2D eigenvalue weighted by Gasteiger charge is -2.19. The first-order valence-corrected chi connectivity index (χ1v) is 10.1. The normalized spacial score (nSPS) is 11.7. The number of rotatable bonds is 10. The second-order valence-corrected chi connectivity index (χ2v) is 6.86. The lowest BCUT2D eigenvalue weighted by atomic mass is 10.1. The summed E-state index contributed by atoms with van der Waals surface area (Å²) in [7, 11) is 0. The van der Waals surface area contributed by atoms with Gasteiger partial charge in [-0.05, 0) is 36.6 Å². The minimum atomic E-state index is -2.95. The van der Waals surface area contributed by atoms with Gasteiger partial charge in [-0.25, -0.2) is 0 Å². The molecule has 0 heterocycles. The molecule has 1 unspecified atom stereocenters. The van der Waals surface area contributed by atoms with Crippen molar-refractivity contribution in [3.8, 4) is 5.75 Å². The van der Waals surface area contributed by atoms with Crippen molar-refractivity contribution in [1.29, 1.82) is 0 Å². The number of carbonyl (C=O) groups is 2. The predicted octanol–water partition coefficient (Wildman–Crippen LogP) is 3.46. The molecule has 2 N–H and O–H groups in total. The van der Waals surface area contributed by atoms with E-state index in [4.69, 9.17) is 0 Å². The highest BCUT2D eigenvalue weighted by Crippen LogP contribution is 2.20. The van der Waals surface area contributed by atoms with Gasteiger partial charge >= 0.3 is 6.61 Å². The minimum absolute atomic E-state index is 0.00628. The summed E-state index contributed by atoms with van der Waals surface area (Å²) in [6.45, 7) is -2.94. The third-order valence-corrected chi connectivity index (χ3v) is 4.55. The first-order chi connectivity index (χ1) is 13.5. The Hall–Kier alpha value is -2.61. The quantitative estimate of drug-likeness (QED) is 0.632. The SMILES string of the molecule is CSCCC(NC(=O)c1ccccc1)C(=O)NCc1ccccc1OC(F)F. The fourth-order valence-corrected chi connectivity index (χ4v) is 2.97. The van der Waals surface area contributed by atoms with Gasteiger partial charge in [-0.2, -0.15) is 20.5 Å². The van der Waals surface area contributed by atoms with Crippen molar-refractivity contribution in [2.24, 2.45) is 0 Å². The van der Waals surface area contributed by atoms with Crippen LogP contribution >= 0.6 is 11.8 Å². The topological polar surface area (TPSA) is 67.4 Å². The average molecular weight is 408 g/mol. The van der Waals surface area contributed by atoms with Crippen LogP contribution in [0, 0.1) is 0 Å². The summed E-state index contributed by atoms with van der Waals surface area (Å²) < 4.78 is 29.5. The smallest absolute Gasteiger partial charge is 0.387 e. The van der Waals surface area contributed by atoms with E-state index in [1.807, 2.05) is 6.26 Å². The number of hydrogen-bond donors (Lipinski definition) is 2. The van der Waals surface area contributed by atoms with Gasteiger partial charge in [-0.15, -0.1) is 0 Å². The van der Waals surface area contributed by atoms with Gasteiger partial charge < -0.3 is 15.4 Å². The van der Waals surface area contributed by atoms with Gasteiger partial charge in [-0.3, -0.25) is 9.59 Å². The van der Waals surface area contributed by atoms with Gasteiger partial charge in [0, 0.05) is 17.7 Å². The summed E-state index contributed by atoms with van der Waals surface area (Å²) >= 11 is 1.56. The number of carbonyl (C=O) groups excluding carboxylic acids is 2. The number of thioether (sulfide) groups is 1. The zero-order valence-corrected chi connectivity index (χ0v) is 16.2. The van der Waals surface area contributed by atoms with Gasteiger partial charge in [0.25, 0.3) is 5.91 Å². The van der Waals surface area contributed by atoms with Crippen molar-refractivity contribution < 1.29 is 23.1 Å². The summed E-state index contributed by atoms with van der Waals surface area (Å²) in [5.41, 5.74) is 0.884. The summed E-state index contributed by atoms with van der Waals surface area (Å²) in [5.74, 6) is -0.0432. The summed E-state index contributed by atoms with van der Waals surface area (Å²) in [6, 6.07) is 14.1. The molecule has 0 aliphatic rings. The Morgan fingerprint density at radius 2 is 1.75 bits per heavy atom. The number of nitrogens with one attached hydrogen (secondary N) is 2. The maximum absolute atomic E-state index is 12.6. The van der Waals surface area contributed by atoms with Crippen LogP contribution in [0.5, 0.6) is 5.75 Å². The van der Waals surface area contributed by atoms with E-state index in [1.54, 1.807) is 60.3 Å². The van der Waals surface area contributed by atoms with Crippen molar-refractivity contribution in [1.82, 2.24) is 10.6 Å². The van der Waals surface area contributed by atoms with Crippen LogP contribution in [-0.2, 0) is 11.3 Å². The molecule has 0 bridgehead atoms. The highest BCUT2D eigenvalue weighted by atomic mass is 32.2. The molecule has 0 radical (unpaired) electrons. The summed E-state index contributed by atoms with van der Waals surface area (Å²) in [6.07, 6.45) is 2.35. The second kappa shape index (κ2) is 11.3. The fourth-order valence-electron chi connectivity index (χ4n) is 2.50. The monoisotopic (exact) mass is 408 g/mol. The van der Waals surface area contributed by atoms with Crippen molar-refractivity contribution in [3.05, 3.63) is 65.7 Å². The van der Waals surface area contributed by atoms with Crippen molar-refractivity contribution in [2.45, 2.75) is 25.6 Å². The highest BCUT2D eigenvalue weighted by molar-refractivity contribution is 7.98. The lowest BCUT2D eigenvalue weighted by molar-refractivity contribution is -0.123. The van der Waals surface area contributed by atoms with E-state index in [2.05, 4.69) is 15.4 Å². The number of amides is 2. The Morgan fingerprint density at radius 1 is 1.07 bits per heavy atom. The molecule has 0 saturated carbocycles. The van der Waals surface area contributed by atoms with E-state index in [0.717, 1.165) is 0 Å². The molecule has 0 spiro atoms. The van der Waals surface area contributed by atoms with Crippen molar-refractivity contribution in [2.75, 3.05) is 12.0 Å². The number of hydrogen-bond acceptors (Lipinski definition) is 4. The molecular weight excluding hydrogens is 386 g/mol. The molecule has 150 valence electrons. The number of benzene rings is 2. The molecule has 8 heteroatoms. The lowest BCUT2D eigenvalue weighted by Crippen LogP contribution is -2.46. The molecule has 28 heavy (non-hydrogen) atoms. The number of ether oxygens (including phenoxy) is 1. The minimum Gasteiger partial charge on any atom is -0.434 e. The van der Waals surface area contributed by atoms with Crippen LogP contribution in [0.3, 0.4) is 0 Å². The molecule has 0 aliphatic heterocycles. The van der Waals surface area contributed by atoms with Crippen LogP contribution in [-0.4, -0.2) is 36.5 Å². The van der Waals surface area contributed by atoms with Crippen molar-refractivity contribution >= 4 is 23.6 Å². The second-order valence-electron chi connectivity index (χ2n) is 5.88. The molecule has 0 fully saturated rings. The molecule has 0 aliphatic carbocycles. The summed E-state index contributed by atoms with van der Waals surface area (Å²) in [5, 5.41) is 5.43. The third kappa shape index (κ3) is 6.84. The van der Waals surface area contributed by atoms with Crippen LogP contribution in [0.15, 0.2) is 54.6 Å². The maximum Gasteiger partial charge on any atom is 0.387 e. The Balaban J connectivity index is 2.02. The standard InChI is InChI=1S/C20H22F2N2O3S/c1-28-12-11-16(24-18(25)14-7-3-2-4-8-14)19(26)23-13-15-9-5-6-10-17(15)27-20(21)22/h2-10,16,20H,11-13H2,1H3,(H,23,26)(H,24,25). The molecule has 0 aromatic heterocycles. The van der Waals surface area contributed by atoms with E-state index in [-0.39, 0.29) is 24.1 Å². The third-order valence-electron chi connectivity index (χ3n) is 3.91. The molecule has 2 rings (SSSR count). The van der Waals surface area contributed by atoms with Gasteiger partial charge in [0.05, 0.1) is 0 Å². The molecule has 0 saturated heterocycles.